The van der Waals surface area contributed by atoms with Crippen LogP contribution < -0.4 is 14.8 Å². The van der Waals surface area contributed by atoms with E-state index in [1.54, 1.807) is 38.4 Å². The number of rotatable bonds is 7. The second-order valence-corrected chi connectivity index (χ2v) is 6.11. The van der Waals surface area contributed by atoms with Crippen molar-refractivity contribution in [3.05, 3.63) is 59.1 Å². The summed E-state index contributed by atoms with van der Waals surface area (Å²) in [7, 11) is 4.65. The lowest BCUT2D eigenvalue weighted by Gasteiger charge is -2.15. The zero-order valence-corrected chi connectivity index (χ0v) is 16.1. The Labute approximate surface area is 163 Å². The maximum Gasteiger partial charge on any atom is 0.246 e. The predicted molar refractivity (Wildman–Crippen MR) is 106 cm³/mol. The number of carbonyl (C=O) groups is 2. The molecule has 27 heavy (non-hydrogen) atoms. The van der Waals surface area contributed by atoms with Crippen LogP contribution in [-0.2, 0) is 9.59 Å². The lowest BCUT2D eigenvalue weighted by molar-refractivity contribution is -0.129. The number of likely N-dealkylation sites (N-methyl/N-ethyl adjacent to an activating group) is 1. The molecule has 0 heterocycles. The van der Waals surface area contributed by atoms with Gasteiger partial charge in [0.05, 0.1) is 25.8 Å². The second kappa shape index (κ2) is 9.64. The lowest BCUT2D eigenvalue weighted by atomic mass is 10.2. The molecule has 0 aromatic heterocycles. The summed E-state index contributed by atoms with van der Waals surface area (Å²) in [6.45, 7) is -0.0923. The molecule has 0 saturated carbocycles. The van der Waals surface area contributed by atoms with Crippen LogP contribution in [0, 0.1) is 0 Å². The van der Waals surface area contributed by atoms with E-state index in [2.05, 4.69) is 5.32 Å². The molecule has 2 aromatic carbocycles. The third kappa shape index (κ3) is 6.04. The zero-order chi connectivity index (χ0) is 19.8. The van der Waals surface area contributed by atoms with Crippen molar-refractivity contribution in [2.45, 2.75) is 0 Å². The number of anilines is 1. The molecule has 0 spiro atoms. The highest BCUT2D eigenvalue weighted by atomic mass is 35.5. The highest BCUT2D eigenvalue weighted by Gasteiger charge is 2.11. The Kier molecular flexibility index (Phi) is 7.25. The number of halogens is 1. The fraction of sp³-hybridized carbons (Fsp3) is 0.200. The average Bonchev–Trinajstić information content (AvgIpc) is 2.66. The first-order chi connectivity index (χ1) is 12.9. The van der Waals surface area contributed by atoms with Gasteiger partial charge in [0, 0.05) is 18.8 Å². The Bertz CT molecular complexity index is 852. The normalized spacial score (nSPS) is 10.5. The van der Waals surface area contributed by atoms with Gasteiger partial charge in [0.25, 0.3) is 0 Å². The monoisotopic (exact) mass is 388 g/mol. The summed E-state index contributed by atoms with van der Waals surface area (Å²) < 4.78 is 10.2. The van der Waals surface area contributed by atoms with Crippen LogP contribution in [0.25, 0.3) is 6.08 Å². The smallest absolute Gasteiger partial charge is 0.246 e. The van der Waals surface area contributed by atoms with Crippen molar-refractivity contribution in [2.75, 3.05) is 33.1 Å². The van der Waals surface area contributed by atoms with Gasteiger partial charge in [-0.05, 0) is 42.0 Å². The fourth-order valence-corrected chi connectivity index (χ4v) is 2.54. The van der Waals surface area contributed by atoms with Gasteiger partial charge in [-0.15, -0.1) is 0 Å². The minimum Gasteiger partial charge on any atom is -0.497 e. The van der Waals surface area contributed by atoms with Gasteiger partial charge >= 0.3 is 0 Å². The van der Waals surface area contributed by atoms with Gasteiger partial charge in [-0.2, -0.15) is 0 Å². The minimum absolute atomic E-state index is 0.0923. The third-order valence-corrected chi connectivity index (χ3v) is 4.00. The molecule has 0 aliphatic heterocycles. The molecule has 142 valence electrons. The number of nitrogens with one attached hydrogen (secondary N) is 1. The van der Waals surface area contributed by atoms with Crippen LogP contribution in [0.3, 0.4) is 0 Å². The molecular weight excluding hydrogens is 368 g/mol. The van der Waals surface area contributed by atoms with Crippen molar-refractivity contribution < 1.29 is 19.1 Å². The van der Waals surface area contributed by atoms with Crippen molar-refractivity contribution in [3.63, 3.8) is 0 Å². The summed E-state index contributed by atoms with van der Waals surface area (Å²) in [4.78, 5) is 25.6. The van der Waals surface area contributed by atoms with Crippen molar-refractivity contribution in [2.24, 2.45) is 0 Å². The number of benzene rings is 2. The summed E-state index contributed by atoms with van der Waals surface area (Å²) in [6, 6.07) is 12.2. The highest BCUT2D eigenvalue weighted by molar-refractivity contribution is 6.32. The van der Waals surface area contributed by atoms with Crippen molar-refractivity contribution in [1.82, 2.24) is 4.90 Å². The molecular formula is C20H21ClN2O4. The Morgan fingerprint density at radius 1 is 1.15 bits per heavy atom. The zero-order valence-electron chi connectivity index (χ0n) is 15.4. The molecule has 0 atom stereocenters. The Morgan fingerprint density at radius 3 is 2.59 bits per heavy atom. The van der Waals surface area contributed by atoms with E-state index in [1.165, 1.54) is 18.1 Å². The number of amides is 2. The molecule has 0 radical (unpaired) electrons. The van der Waals surface area contributed by atoms with Gasteiger partial charge in [0.1, 0.15) is 11.5 Å². The Hall–Kier alpha value is -2.99. The average molecular weight is 389 g/mol. The summed E-state index contributed by atoms with van der Waals surface area (Å²) in [5.74, 6) is 0.600. The van der Waals surface area contributed by atoms with Crippen LogP contribution in [0.1, 0.15) is 5.56 Å². The second-order valence-electron chi connectivity index (χ2n) is 5.70. The van der Waals surface area contributed by atoms with Crippen LogP contribution >= 0.6 is 11.6 Å². The van der Waals surface area contributed by atoms with Gasteiger partial charge in [0.2, 0.25) is 11.8 Å². The Balaban J connectivity index is 1.92. The van der Waals surface area contributed by atoms with E-state index >= 15 is 0 Å². The van der Waals surface area contributed by atoms with Gasteiger partial charge in [-0.25, -0.2) is 0 Å². The first-order valence-corrected chi connectivity index (χ1v) is 8.51. The van der Waals surface area contributed by atoms with E-state index in [0.29, 0.717) is 22.2 Å². The number of hydrogen-bond acceptors (Lipinski definition) is 4. The van der Waals surface area contributed by atoms with Gasteiger partial charge in [0.15, 0.2) is 0 Å². The number of ether oxygens (including phenoxy) is 2. The quantitative estimate of drug-likeness (QED) is 0.737. The summed E-state index contributed by atoms with van der Waals surface area (Å²) >= 11 is 6.03. The molecule has 0 aliphatic rings. The van der Waals surface area contributed by atoms with Gasteiger partial charge in [-0.1, -0.05) is 23.7 Å². The first kappa shape index (κ1) is 20.3. The van der Waals surface area contributed by atoms with E-state index in [4.69, 9.17) is 21.1 Å². The number of nitrogens with zero attached hydrogens (tertiary/aromatic N) is 1. The van der Waals surface area contributed by atoms with Crippen LogP contribution in [-0.4, -0.2) is 44.5 Å². The molecule has 2 aromatic rings. The van der Waals surface area contributed by atoms with E-state index in [0.717, 1.165) is 5.56 Å². The van der Waals surface area contributed by atoms with Crippen molar-refractivity contribution >= 4 is 35.2 Å². The van der Waals surface area contributed by atoms with Crippen molar-refractivity contribution in [3.8, 4) is 11.5 Å². The molecule has 2 amide bonds. The van der Waals surface area contributed by atoms with E-state index < -0.39 is 0 Å². The first-order valence-electron chi connectivity index (χ1n) is 8.13. The largest absolute Gasteiger partial charge is 0.497 e. The summed E-state index contributed by atoms with van der Waals surface area (Å²) in [5, 5.41) is 3.09. The third-order valence-electron chi connectivity index (χ3n) is 3.70. The number of hydrogen-bond donors (Lipinski definition) is 1. The topological polar surface area (TPSA) is 67.9 Å². The lowest BCUT2D eigenvalue weighted by Crippen LogP contribution is -2.33. The molecule has 2 rings (SSSR count). The molecule has 1 N–H and O–H groups in total. The number of carbonyl (C=O) groups excluding carboxylic acids is 2. The Morgan fingerprint density at radius 2 is 1.93 bits per heavy atom. The van der Waals surface area contributed by atoms with Gasteiger partial charge in [-0.3, -0.25) is 9.59 Å². The molecule has 0 aliphatic carbocycles. The standard InChI is InChI=1S/C20H21ClN2O4/c1-23(20(25)10-7-14-5-4-6-16(11-14)26-2)13-19(24)22-15-8-9-18(27-3)17(21)12-15/h4-12H,13H2,1-3H3,(H,22,24)/b10-7+. The predicted octanol–water partition coefficient (Wildman–Crippen LogP) is 3.47. The molecule has 0 saturated heterocycles. The van der Waals surface area contributed by atoms with E-state index in [-0.39, 0.29) is 18.4 Å². The minimum atomic E-state index is -0.332. The summed E-state index contributed by atoms with van der Waals surface area (Å²) in [6.07, 6.45) is 3.08. The molecule has 0 fully saturated rings. The van der Waals surface area contributed by atoms with E-state index in [9.17, 15) is 9.59 Å². The SMILES string of the molecule is COc1cccc(/C=C/C(=O)N(C)CC(=O)Nc2ccc(OC)c(Cl)c2)c1. The highest BCUT2D eigenvalue weighted by Crippen LogP contribution is 2.27. The molecule has 7 heteroatoms. The summed E-state index contributed by atoms with van der Waals surface area (Å²) in [5.41, 5.74) is 1.35. The number of methoxy groups -OCH3 is 2. The van der Waals surface area contributed by atoms with Crippen molar-refractivity contribution in [1.29, 1.82) is 0 Å². The van der Waals surface area contributed by atoms with Crippen LogP contribution in [0.4, 0.5) is 5.69 Å². The fourth-order valence-electron chi connectivity index (χ4n) is 2.28. The molecule has 0 bridgehead atoms. The van der Waals surface area contributed by atoms with Crippen LogP contribution in [0.15, 0.2) is 48.5 Å². The molecule has 0 unspecified atom stereocenters. The maximum absolute atomic E-state index is 12.2. The van der Waals surface area contributed by atoms with Crippen LogP contribution in [0.2, 0.25) is 5.02 Å². The van der Waals surface area contributed by atoms with E-state index in [1.807, 2.05) is 24.3 Å². The van der Waals surface area contributed by atoms with Crippen LogP contribution in [0.5, 0.6) is 11.5 Å². The molecule has 6 nitrogen and oxygen atoms in total. The maximum atomic E-state index is 12.2. The van der Waals surface area contributed by atoms with Gasteiger partial charge < -0.3 is 19.7 Å².